The van der Waals surface area contributed by atoms with E-state index in [1.54, 1.807) is 0 Å². The van der Waals surface area contributed by atoms with Gasteiger partial charge in [-0.3, -0.25) is 4.79 Å². The highest BCUT2D eigenvalue weighted by Crippen LogP contribution is 2.71. The van der Waals surface area contributed by atoms with Crippen molar-refractivity contribution in [1.29, 1.82) is 0 Å². The van der Waals surface area contributed by atoms with Crippen LogP contribution in [0.25, 0.3) is 0 Å². The Morgan fingerprint density at radius 2 is 1.78 bits per heavy atom. The van der Waals surface area contributed by atoms with Gasteiger partial charge in [-0.2, -0.15) is 0 Å². The second-order valence-electron chi connectivity index (χ2n) is 10.3. The number of carbonyl (C=O) groups is 1. The minimum Gasteiger partial charge on any atom is -0.353 e. The second kappa shape index (κ2) is 6.92. The zero-order valence-electron chi connectivity index (χ0n) is 17.2. The normalized spacial score (nSPS) is 41.5. The molecule has 1 amide bonds. The van der Waals surface area contributed by atoms with Crippen LogP contribution in [0.5, 0.6) is 0 Å². The van der Waals surface area contributed by atoms with Gasteiger partial charge in [0.05, 0.1) is 5.41 Å². The lowest BCUT2D eigenvalue weighted by Gasteiger charge is -2.65. The predicted octanol–water partition coefficient (Wildman–Crippen LogP) is 4.52. The van der Waals surface area contributed by atoms with Crippen LogP contribution < -0.4 is 10.6 Å². The molecule has 0 radical (unpaired) electrons. The highest BCUT2D eigenvalue weighted by Gasteiger charge is 2.64. The number of hydrogen-bond donors (Lipinski definition) is 2. The molecule has 4 aliphatic carbocycles. The molecule has 27 heavy (non-hydrogen) atoms. The summed E-state index contributed by atoms with van der Waals surface area (Å²) in [6, 6.07) is 0.355. The summed E-state index contributed by atoms with van der Waals surface area (Å²) in [7, 11) is 0. The highest BCUT2D eigenvalue weighted by molar-refractivity contribution is 5.84. The van der Waals surface area contributed by atoms with Crippen molar-refractivity contribution >= 4 is 5.91 Å². The third-order valence-electron chi connectivity index (χ3n) is 7.79. The first-order valence-electron chi connectivity index (χ1n) is 10.9. The molecule has 1 aliphatic heterocycles. The fourth-order valence-electron chi connectivity index (χ4n) is 7.30. The third kappa shape index (κ3) is 3.44. The molecule has 5 rings (SSSR count). The van der Waals surface area contributed by atoms with E-state index >= 15 is 0 Å². The lowest BCUT2D eigenvalue weighted by molar-refractivity contribution is -0.167. The van der Waals surface area contributed by atoms with Crippen LogP contribution in [0.2, 0.25) is 0 Å². The summed E-state index contributed by atoms with van der Waals surface area (Å²) < 4.78 is 0. The number of carbonyl (C=O) groups excluding carboxylic acids is 1. The minimum absolute atomic E-state index is 0.123. The van der Waals surface area contributed by atoms with Gasteiger partial charge in [-0.05, 0) is 93.7 Å². The van der Waals surface area contributed by atoms with Crippen LogP contribution in [0.3, 0.4) is 0 Å². The van der Waals surface area contributed by atoms with Crippen molar-refractivity contribution in [1.82, 2.24) is 10.6 Å². The fraction of sp³-hybridized carbons (Fsp3) is 0.708. The summed E-state index contributed by atoms with van der Waals surface area (Å²) in [6.45, 7) is 11.0. The van der Waals surface area contributed by atoms with Crippen LogP contribution in [0.1, 0.15) is 65.2 Å². The Balaban J connectivity index is 1.58. The van der Waals surface area contributed by atoms with Crippen molar-refractivity contribution in [2.75, 3.05) is 13.1 Å². The standard InChI is InChI=1S/C24H36N2O/c1-4-5-6-7-18(2)23-13-19-12-22(3,15-23)16-24(14-19,17-23)21(27)26-20-8-10-25-11-9-20/h4-7,19-20,25H,2,8-17H2,1,3H3,(H,26,27)/b5-4-,7-6-/t19?,22-,23-,24?/m1/s1. The number of hydrogen-bond acceptors (Lipinski definition) is 2. The summed E-state index contributed by atoms with van der Waals surface area (Å²) in [5.41, 5.74) is 1.49. The van der Waals surface area contributed by atoms with E-state index in [1.165, 1.54) is 24.8 Å². The van der Waals surface area contributed by atoms with Gasteiger partial charge >= 0.3 is 0 Å². The summed E-state index contributed by atoms with van der Waals surface area (Å²) in [4.78, 5) is 13.5. The SMILES string of the molecule is C=C(/C=C\C=C/C)[C@]12CC3CC(C(=O)NC4CCNCC4)(C[C@](C)(C3)C1)C2. The van der Waals surface area contributed by atoms with E-state index in [0.717, 1.165) is 45.2 Å². The third-order valence-corrected chi connectivity index (χ3v) is 7.79. The summed E-state index contributed by atoms with van der Waals surface area (Å²) in [5, 5.41) is 6.86. The highest BCUT2D eigenvalue weighted by atomic mass is 16.2. The van der Waals surface area contributed by atoms with Crippen LogP contribution in [0, 0.1) is 22.2 Å². The first kappa shape index (κ1) is 19.0. The molecule has 1 saturated heterocycles. The van der Waals surface area contributed by atoms with Crippen LogP contribution in [-0.2, 0) is 4.79 Å². The van der Waals surface area contributed by atoms with Gasteiger partial charge in [-0.15, -0.1) is 0 Å². The summed E-state index contributed by atoms with van der Waals surface area (Å²) in [6.07, 6.45) is 17.5. The Labute approximate surface area is 164 Å². The molecule has 4 atom stereocenters. The van der Waals surface area contributed by atoms with Gasteiger partial charge in [0.1, 0.15) is 0 Å². The maximum absolute atomic E-state index is 13.5. The van der Waals surface area contributed by atoms with Gasteiger partial charge in [0.2, 0.25) is 5.91 Å². The van der Waals surface area contributed by atoms with Crippen molar-refractivity contribution in [3.05, 3.63) is 36.5 Å². The molecule has 3 nitrogen and oxygen atoms in total. The first-order chi connectivity index (χ1) is 12.9. The van der Waals surface area contributed by atoms with E-state index in [-0.39, 0.29) is 10.8 Å². The Morgan fingerprint density at radius 3 is 2.48 bits per heavy atom. The van der Waals surface area contributed by atoms with Gasteiger partial charge in [-0.25, -0.2) is 0 Å². The molecule has 148 valence electrons. The molecule has 1 heterocycles. The van der Waals surface area contributed by atoms with Gasteiger partial charge in [0.25, 0.3) is 0 Å². The topological polar surface area (TPSA) is 41.1 Å². The lowest BCUT2D eigenvalue weighted by atomic mass is 9.38. The number of piperidine rings is 1. The van der Waals surface area contributed by atoms with E-state index in [2.05, 4.69) is 48.4 Å². The number of rotatable bonds is 5. The molecular formula is C24H36N2O. The van der Waals surface area contributed by atoms with Crippen LogP contribution in [-0.4, -0.2) is 25.0 Å². The average Bonchev–Trinajstić information content (AvgIpc) is 2.60. The molecule has 0 aromatic heterocycles. The molecule has 3 heteroatoms. The van der Waals surface area contributed by atoms with E-state index in [0.29, 0.717) is 23.3 Å². The Bertz CT molecular complexity index is 674. The van der Waals surface area contributed by atoms with Crippen molar-refractivity contribution in [3.8, 4) is 0 Å². The zero-order chi connectivity index (χ0) is 19.1. The Morgan fingerprint density at radius 1 is 1.07 bits per heavy atom. The summed E-state index contributed by atoms with van der Waals surface area (Å²) >= 11 is 0. The van der Waals surface area contributed by atoms with E-state index in [4.69, 9.17) is 0 Å². The average molecular weight is 369 g/mol. The van der Waals surface area contributed by atoms with Crippen LogP contribution in [0.4, 0.5) is 0 Å². The van der Waals surface area contributed by atoms with Crippen molar-refractivity contribution in [3.63, 3.8) is 0 Å². The van der Waals surface area contributed by atoms with Gasteiger partial charge in [-0.1, -0.05) is 37.8 Å². The van der Waals surface area contributed by atoms with Gasteiger partial charge in [0.15, 0.2) is 0 Å². The predicted molar refractivity (Wildman–Crippen MR) is 111 cm³/mol. The van der Waals surface area contributed by atoms with Gasteiger partial charge in [0, 0.05) is 6.04 Å². The molecule has 0 aromatic rings. The van der Waals surface area contributed by atoms with E-state index < -0.39 is 0 Å². The molecule has 4 bridgehead atoms. The molecule has 0 spiro atoms. The molecule has 2 unspecified atom stereocenters. The van der Waals surface area contributed by atoms with Gasteiger partial charge < -0.3 is 10.6 Å². The lowest BCUT2D eigenvalue weighted by Crippen LogP contribution is -2.62. The Kier molecular flexibility index (Phi) is 4.86. The number of allylic oxidation sites excluding steroid dienone is 5. The summed E-state index contributed by atoms with van der Waals surface area (Å²) in [5.74, 6) is 1.02. The van der Waals surface area contributed by atoms with Crippen LogP contribution in [0.15, 0.2) is 36.5 Å². The first-order valence-corrected chi connectivity index (χ1v) is 10.9. The molecule has 5 aliphatic rings. The largest absolute Gasteiger partial charge is 0.353 e. The van der Waals surface area contributed by atoms with Crippen molar-refractivity contribution in [2.45, 2.75) is 71.3 Å². The smallest absolute Gasteiger partial charge is 0.226 e. The van der Waals surface area contributed by atoms with Crippen LogP contribution >= 0.6 is 0 Å². The number of nitrogens with one attached hydrogen (secondary N) is 2. The zero-order valence-corrected chi connectivity index (χ0v) is 17.2. The van der Waals surface area contributed by atoms with Crippen molar-refractivity contribution in [2.24, 2.45) is 22.2 Å². The molecule has 4 saturated carbocycles. The quantitative estimate of drug-likeness (QED) is 0.701. The molecular weight excluding hydrogens is 332 g/mol. The number of amides is 1. The molecule has 2 N–H and O–H groups in total. The fourth-order valence-corrected chi connectivity index (χ4v) is 7.30. The van der Waals surface area contributed by atoms with Crippen molar-refractivity contribution < 1.29 is 4.79 Å². The van der Waals surface area contributed by atoms with E-state index in [1.807, 2.05) is 6.92 Å². The second-order valence-corrected chi connectivity index (χ2v) is 10.3. The maximum Gasteiger partial charge on any atom is 0.226 e. The maximum atomic E-state index is 13.5. The molecule has 0 aromatic carbocycles. The minimum atomic E-state index is -0.170. The molecule has 5 fully saturated rings. The monoisotopic (exact) mass is 368 g/mol. The van der Waals surface area contributed by atoms with E-state index in [9.17, 15) is 4.79 Å². The Hall–Kier alpha value is -1.35.